The fraction of sp³-hybridized carbons (Fsp3) is 0.222. The van der Waals surface area contributed by atoms with E-state index in [2.05, 4.69) is 25.9 Å². The minimum absolute atomic E-state index is 0.277. The summed E-state index contributed by atoms with van der Waals surface area (Å²) < 4.78 is 1.84. The number of nitrogens with one attached hydrogen (secondary N) is 1. The van der Waals surface area contributed by atoms with Gasteiger partial charge in [0.1, 0.15) is 0 Å². The molecule has 0 atom stereocenters. The van der Waals surface area contributed by atoms with Crippen LogP contribution in [-0.4, -0.2) is 14.5 Å². The van der Waals surface area contributed by atoms with Gasteiger partial charge in [-0.15, -0.1) is 0 Å². The first-order chi connectivity index (χ1) is 7.13. The third-order valence-corrected chi connectivity index (χ3v) is 2.54. The van der Waals surface area contributed by atoms with E-state index in [0.29, 0.717) is 12.1 Å². The third-order valence-electron chi connectivity index (χ3n) is 2.11. The predicted molar refractivity (Wildman–Crippen MR) is 60.0 cm³/mol. The van der Waals surface area contributed by atoms with Crippen LogP contribution in [0, 0.1) is 0 Å². The van der Waals surface area contributed by atoms with Crippen LogP contribution >= 0.6 is 15.9 Å². The molecule has 15 heavy (non-hydrogen) atoms. The van der Waals surface area contributed by atoms with Crippen molar-refractivity contribution < 1.29 is 0 Å². The first-order valence-corrected chi connectivity index (χ1v) is 5.21. The maximum atomic E-state index is 11.8. The SMILES string of the molecule is CCn1c(=O)[nH]c2cc(Br)cnc2c1=O. The van der Waals surface area contributed by atoms with E-state index in [-0.39, 0.29) is 11.1 Å². The maximum Gasteiger partial charge on any atom is 0.328 e. The summed E-state index contributed by atoms with van der Waals surface area (Å²) in [6.07, 6.45) is 1.53. The van der Waals surface area contributed by atoms with Crippen LogP contribution in [0.25, 0.3) is 11.0 Å². The van der Waals surface area contributed by atoms with Gasteiger partial charge in [-0.2, -0.15) is 0 Å². The van der Waals surface area contributed by atoms with Crippen LogP contribution in [0.1, 0.15) is 6.92 Å². The lowest BCUT2D eigenvalue weighted by atomic mass is 10.3. The van der Waals surface area contributed by atoms with Gasteiger partial charge in [0.15, 0.2) is 5.52 Å². The van der Waals surface area contributed by atoms with Crippen LogP contribution in [0.4, 0.5) is 0 Å². The fourth-order valence-corrected chi connectivity index (χ4v) is 1.73. The zero-order chi connectivity index (χ0) is 11.0. The van der Waals surface area contributed by atoms with Crippen molar-refractivity contribution in [3.63, 3.8) is 0 Å². The number of H-pyrrole nitrogens is 1. The second-order valence-electron chi connectivity index (χ2n) is 3.03. The molecule has 0 spiro atoms. The molecule has 0 aliphatic carbocycles. The summed E-state index contributed by atoms with van der Waals surface area (Å²) in [6.45, 7) is 2.07. The van der Waals surface area contributed by atoms with E-state index in [1.165, 1.54) is 6.20 Å². The van der Waals surface area contributed by atoms with Crippen LogP contribution in [0.3, 0.4) is 0 Å². The zero-order valence-corrected chi connectivity index (χ0v) is 9.54. The van der Waals surface area contributed by atoms with E-state index < -0.39 is 5.69 Å². The molecule has 0 aliphatic heterocycles. The number of aromatic amines is 1. The molecule has 0 amide bonds. The van der Waals surface area contributed by atoms with Crippen LogP contribution in [0.5, 0.6) is 0 Å². The van der Waals surface area contributed by atoms with Crippen molar-refractivity contribution in [1.29, 1.82) is 0 Å². The number of nitrogens with zero attached hydrogens (tertiary/aromatic N) is 2. The molecule has 0 radical (unpaired) electrons. The number of fused-ring (bicyclic) bond motifs is 1. The van der Waals surface area contributed by atoms with Crippen LogP contribution in [-0.2, 0) is 6.54 Å². The lowest BCUT2D eigenvalue weighted by molar-refractivity contribution is 0.682. The van der Waals surface area contributed by atoms with E-state index in [1.54, 1.807) is 13.0 Å². The van der Waals surface area contributed by atoms with Crippen molar-refractivity contribution >= 4 is 27.0 Å². The molecule has 0 saturated carbocycles. The molecule has 0 unspecified atom stereocenters. The molecule has 0 saturated heterocycles. The van der Waals surface area contributed by atoms with E-state index in [1.807, 2.05) is 0 Å². The average Bonchev–Trinajstić information content (AvgIpc) is 2.17. The van der Waals surface area contributed by atoms with E-state index >= 15 is 0 Å². The third kappa shape index (κ3) is 1.61. The van der Waals surface area contributed by atoms with Gasteiger partial charge in [-0.05, 0) is 28.9 Å². The molecule has 0 aromatic carbocycles. The summed E-state index contributed by atoms with van der Waals surface area (Å²) in [5.74, 6) is 0. The molecule has 2 aromatic heterocycles. The van der Waals surface area contributed by atoms with Crippen LogP contribution in [0.15, 0.2) is 26.3 Å². The van der Waals surface area contributed by atoms with Gasteiger partial charge < -0.3 is 4.98 Å². The Balaban J connectivity index is 2.98. The highest BCUT2D eigenvalue weighted by Gasteiger charge is 2.06. The Bertz CT molecular complexity index is 629. The minimum Gasteiger partial charge on any atom is -0.305 e. The number of pyridine rings is 1. The quantitative estimate of drug-likeness (QED) is 0.835. The standard InChI is InChI=1S/C9H8BrN3O2/c1-2-13-8(14)7-6(12-9(13)15)3-5(10)4-11-7/h3-4H,2H2,1H3,(H,12,15). The topological polar surface area (TPSA) is 67.8 Å². The second-order valence-corrected chi connectivity index (χ2v) is 3.94. The summed E-state index contributed by atoms with van der Waals surface area (Å²) in [4.78, 5) is 29.8. The van der Waals surface area contributed by atoms with Gasteiger partial charge in [0.25, 0.3) is 5.56 Å². The van der Waals surface area contributed by atoms with Crippen molar-refractivity contribution in [1.82, 2.24) is 14.5 Å². The van der Waals surface area contributed by atoms with Crippen molar-refractivity contribution in [2.45, 2.75) is 13.5 Å². The highest BCUT2D eigenvalue weighted by atomic mass is 79.9. The number of rotatable bonds is 1. The summed E-state index contributed by atoms with van der Waals surface area (Å²) in [5, 5.41) is 0. The van der Waals surface area contributed by atoms with Crippen molar-refractivity contribution in [2.24, 2.45) is 0 Å². The first-order valence-electron chi connectivity index (χ1n) is 4.42. The van der Waals surface area contributed by atoms with Crippen LogP contribution < -0.4 is 11.2 Å². The number of halogens is 1. The minimum atomic E-state index is -0.407. The van der Waals surface area contributed by atoms with E-state index in [4.69, 9.17) is 0 Å². The average molecular weight is 270 g/mol. The molecule has 78 valence electrons. The summed E-state index contributed by atoms with van der Waals surface area (Å²) in [5.41, 5.74) is -0.0395. The Morgan fingerprint density at radius 2 is 2.27 bits per heavy atom. The van der Waals surface area contributed by atoms with Gasteiger partial charge in [-0.25, -0.2) is 9.78 Å². The molecule has 2 aromatic rings. The first kappa shape index (κ1) is 10.1. The lowest BCUT2D eigenvalue weighted by Gasteiger charge is -2.02. The fourth-order valence-electron chi connectivity index (χ4n) is 1.39. The largest absolute Gasteiger partial charge is 0.328 e. The molecule has 2 heterocycles. The molecule has 6 heteroatoms. The summed E-state index contributed by atoms with van der Waals surface area (Å²) in [6, 6.07) is 1.66. The van der Waals surface area contributed by atoms with Gasteiger partial charge in [0.05, 0.1) is 5.52 Å². The van der Waals surface area contributed by atoms with Gasteiger partial charge in [-0.1, -0.05) is 0 Å². The normalized spacial score (nSPS) is 10.8. The highest BCUT2D eigenvalue weighted by Crippen LogP contribution is 2.11. The Labute approximate surface area is 92.9 Å². The highest BCUT2D eigenvalue weighted by molar-refractivity contribution is 9.10. The monoisotopic (exact) mass is 269 g/mol. The molecular weight excluding hydrogens is 262 g/mol. The number of hydrogen-bond acceptors (Lipinski definition) is 3. The predicted octanol–water partition coefficient (Wildman–Crippen LogP) is 0.867. The van der Waals surface area contributed by atoms with E-state index in [0.717, 1.165) is 9.04 Å². The molecule has 0 fully saturated rings. The summed E-state index contributed by atoms with van der Waals surface area (Å²) >= 11 is 3.22. The second kappa shape index (κ2) is 3.62. The van der Waals surface area contributed by atoms with Crippen LogP contribution in [0.2, 0.25) is 0 Å². The molecular formula is C9H8BrN3O2. The van der Waals surface area contributed by atoms with Gasteiger partial charge in [0, 0.05) is 17.2 Å². The Morgan fingerprint density at radius 3 is 2.93 bits per heavy atom. The lowest BCUT2D eigenvalue weighted by Crippen LogP contribution is -2.34. The zero-order valence-electron chi connectivity index (χ0n) is 7.95. The number of aromatic nitrogens is 3. The molecule has 0 bridgehead atoms. The van der Waals surface area contributed by atoms with Gasteiger partial charge in [-0.3, -0.25) is 9.36 Å². The molecule has 0 aliphatic rings. The van der Waals surface area contributed by atoms with Crippen molar-refractivity contribution in [3.05, 3.63) is 37.6 Å². The van der Waals surface area contributed by atoms with Crippen molar-refractivity contribution in [3.8, 4) is 0 Å². The maximum absolute atomic E-state index is 11.8. The number of hydrogen-bond donors (Lipinski definition) is 1. The van der Waals surface area contributed by atoms with Gasteiger partial charge >= 0.3 is 5.69 Å². The smallest absolute Gasteiger partial charge is 0.305 e. The molecule has 5 nitrogen and oxygen atoms in total. The summed E-state index contributed by atoms with van der Waals surface area (Å²) in [7, 11) is 0. The molecule has 1 N–H and O–H groups in total. The Hall–Kier alpha value is -1.43. The Morgan fingerprint density at radius 1 is 1.53 bits per heavy atom. The van der Waals surface area contributed by atoms with Gasteiger partial charge in [0.2, 0.25) is 0 Å². The Kier molecular flexibility index (Phi) is 2.44. The molecule has 2 rings (SSSR count). The van der Waals surface area contributed by atoms with E-state index in [9.17, 15) is 9.59 Å². The van der Waals surface area contributed by atoms with Crippen molar-refractivity contribution in [2.75, 3.05) is 0 Å².